The van der Waals surface area contributed by atoms with E-state index in [1.54, 1.807) is 24.3 Å². The zero-order valence-electron chi connectivity index (χ0n) is 15.2. The summed E-state index contributed by atoms with van der Waals surface area (Å²) in [7, 11) is -0.601. The lowest BCUT2D eigenvalue weighted by atomic mass is 9.87. The number of carbonyl (C=O) groups is 1. The van der Waals surface area contributed by atoms with Crippen LogP contribution >= 0.6 is 0 Å². The first-order chi connectivity index (χ1) is 11.5. The topological polar surface area (TPSA) is 66.5 Å². The van der Waals surface area contributed by atoms with Gasteiger partial charge in [0, 0.05) is 25.3 Å². The molecule has 0 saturated heterocycles. The molecule has 0 spiro atoms. The first-order valence-corrected chi connectivity index (χ1v) is 9.40. The average Bonchev–Trinajstić information content (AvgIpc) is 2.54. The predicted octanol–water partition coefficient (Wildman–Crippen LogP) is 3.49. The number of sulfonamides is 1. The van der Waals surface area contributed by atoms with Gasteiger partial charge in [0.25, 0.3) is 5.91 Å². The third kappa shape index (κ3) is 4.46. The molecule has 2 aromatic rings. The van der Waals surface area contributed by atoms with Crippen molar-refractivity contribution in [1.29, 1.82) is 0 Å². The molecular formula is C19H24N2O3S. The normalized spacial score (nSPS) is 12.2. The van der Waals surface area contributed by atoms with Gasteiger partial charge in [0.2, 0.25) is 10.0 Å². The lowest BCUT2D eigenvalue weighted by Crippen LogP contribution is -2.22. The Morgan fingerprint density at radius 3 is 2.12 bits per heavy atom. The Hall–Kier alpha value is -2.18. The van der Waals surface area contributed by atoms with Crippen LogP contribution in [0.4, 0.5) is 5.69 Å². The fraction of sp³-hybridized carbons (Fsp3) is 0.316. The van der Waals surface area contributed by atoms with Gasteiger partial charge in [-0.2, -0.15) is 0 Å². The maximum Gasteiger partial charge on any atom is 0.255 e. The molecule has 0 saturated carbocycles. The van der Waals surface area contributed by atoms with Crippen molar-refractivity contribution in [3.05, 3.63) is 59.7 Å². The smallest absolute Gasteiger partial charge is 0.255 e. The van der Waals surface area contributed by atoms with E-state index in [1.807, 2.05) is 12.1 Å². The molecule has 0 unspecified atom stereocenters. The van der Waals surface area contributed by atoms with Crippen molar-refractivity contribution in [2.75, 3.05) is 19.4 Å². The molecule has 0 radical (unpaired) electrons. The SMILES string of the molecule is CN(C)S(=O)(=O)c1cccc(NC(=O)c2ccc(C(C)(C)C)cc2)c1. The van der Waals surface area contributed by atoms with E-state index in [9.17, 15) is 13.2 Å². The van der Waals surface area contributed by atoms with Gasteiger partial charge in [-0.1, -0.05) is 39.0 Å². The van der Waals surface area contributed by atoms with Crippen LogP contribution < -0.4 is 5.32 Å². The fourth-order valence-corrected chi connectivity index (χ4v) is 3.22. The first kappa shape index (κ1) is 19.1. The summed E-state index contributed by atoms with van der Waals surface area (Å²) in [6.07, 6.45) is 0. The number of hydrogen-bond donors (Lipinski definition) is 1. The van der Waals surface area contributed by atoms with E-state index in [1.165, 1.54) is 26.2 Å². The Bertz CT molecular complexity index is 864. The van der Waals surface area contributed by atoms with Crippen molar-refractivity contribution in [2.45, 2.75) is 31.1 Å². The molecule has 0 fully saturated rings. The van der Waals surface area contributed by atoms with Crippen molar-refractivity contribution >= 4 is 21.6 Å². The molecule has 0 aliphatic rings. The molecule has 6 heteroatoms. The highest BCUT2D eigenvalue weighted by atomic mass is 32.2. The molecule has 5 nitrogen and oxygen atoms in total. The average molecular weight is 360 g/mol. The highest BCUT2D eigenvalue weighted by Crippen LogP contribution is 2.23. The summed E-state index contributed by atoms with van der Waals surface area (Å²) in [6.45, 7) is 6.33. The van der Waals surface area contributed by atoms with Gasteiger partial charge in [0.1, 0.15) is 0 Å². The van der Waals surface area contributed by atoms with Gasteiger partial charge in [0.05, 0.1) is 4.90 Å². The van der Waals surface area contributed by atoms with E-state index in [-0.39, 0.29) is 16.2 Å². The van der Waals surface area contributed by atoms with Crippen molar-refractivity contribution < 1.29 is 13.2 Å². The number of nitrogens with zero attached hydrogens (tertiary/aromatic N) is 1. The van der Waals surface area contributed by atoms with Crippen LogP contribution in [0.5, 0.6) is 0 Å². The maximum atomic E-state index is 12.4. The quantitative estimate of drug-likeness (QED) is 0.908. The number of nitrogens with one attached hydrogen (secondary N) is 1. The second-order valence-corrected chi connectivity index (χ2v) is 9.25. The maximum absolute atomic E-state index is 12.4. The van der Waals surface area contributed by atoms with Gasteiger partial charge < -0.3 is 5.32 Å². The van der Waals surface area contributed by atoms with Crippen molar-refractivity contribution in [1.82, 2.24) is 4.31 Å². The molecule has 134 valence electrons. The van der Waals surface area contributed by atoms with Gasteiger partial charge in [-0.3, -0.25) is 4.79 Å². The number of rotatable bonds is 4. The van der Waals surface area contributed by atoms with Crippen LogP contribution in [0, 0.1) is 0 Å². The number of anilines is 1. The molecule has 1 amide bonds. The highest BCUT2D eigenvalue weighted by Gasteiger charge is 2.18. The van der Waals surface area contributed by atoms with E-state index in [0.29, 0.717) is 11.3 Å². The molecule has 2 aromatic carbocycles. The molecule has 0 bridgehead atoms. The second kappa shape index (κ2) is 6.98. The third-order valence-corrected chi connectivity index (χ3v) is 5.69. The predicted molar refractivity (Wildman–Crippen MR) is 100 cm³/mol. The minimum atomic E-state index is -3.54. The molecule has 0 heterocycles. The minimum absolute atomic E-state index is 0.0177. The van der Waals surface area contributed by atoms with Gasteiger partial charge >= 0.3 is 0 Å². The largest absolute Gasteiger partial charge is 0.322 e. The van der Waals surface area contributed by atoms with Crippen LogP contribution in [-0.2, 0) is 15.4 Å². The number of hydrogen-bond acceptors (Lipinski definition) is 3. The van der Waals surface area contributed by atoms with Gasteiger partial charge in [-0.05, 0) is 41.3 Å². The standard InChI is InChI=1S/C19H24N2O3S/c1-19(2,3)15-11-9-14(10-12-15)18(22)20-16-7-6-8-17(13-16)25(23,24)21(4)5/h6-13H,1-5H3,(H,20,22). The van der Waals surface area contributed by atoms with Crippen LogP contribution in [0.1, 0.15) is 36.7 Å². The summed E-state index contributed by atoms with van der Waals surface area (Å²) in [5, 5.41) is 2.75. The van der Waals surface area contributed by atoms with Gasteiger partial charge in [-0.15, -0.1) is 0 Å². The number of amides is 1. The first-order valence-electron chi connectivity index (χ1n) is 7.96. The van der Waals surface area contributed by atoms with Crippen LogP contribution in [0.3, 0.4) is 0 Å². The Morgan fingerprint density at radius 2 is 1.60 bits per heavy atom. The van der Waals surface area contributed by atoms with Crippen LogP contribution in [0.15, 0.2) is 53.4 Å². The molecular weight excluding hydrogens is 336 g/mol. The number of benzene rings is 2. The molecule has 1 N–H and O–H groups in total. The van der Waals surface area contributed by atoms with E-state index in [2.05, 4.69) is 26.1 Å². The highest BCUT2D eigenvalue weighted by molar-refractivity contribution is 7.89. The Kier molecular flexibility index (Phi) is 5.34. The van der Waals surface area contributed by atoms with Gasteiger partial charge in [-0.25, -0.2) is 12.7 Å². The van der Waals surface area contributed by atoms with E-state index in [4.69, 9.17) is 0 Å². The van der Waals surface area contributed by atoms with Crippen molar-refractivity contribution in [3.8, 4) is 0 Å². The summed E-state index contributed by atoms with van der Waals surface area (Å²) in [5.74, 6) is -0.278. The summed E-state index contributed by atoms with van der Waals surface area (Å²) >= 11 is 0. The lowest BCUT2D eigenvalue weighted by Gasteiger charge is -2.19. The summed E-state index contributed by atoms with van der Waals surface area (Å²) in [4.78, 5) is 12.5. The van der Waals surface area contributed by atoms with E-state index in [0.717, 1.165) is 9.87 Å². The molecule has 25 heavy (non-hydrogen) atoms. The third-order valence-electron chi connectivity index (χ3n) is 3.88. The Labute approximate surface area is 149 Å². The van der Waals surface area contributed by atoms with Crippen LogP contribution in [0.25, 0.3) is 0 Å². The lowest BCUT2D eigenvalue weighted by molar-refractivity contribution is 0.102. The van der Waals surface area contributed by atoms with Crippen molar-refractivity contribution in [2.24, 2.45) is 0 Å². The molecule has 0 aliphatic carbocycles. The van der Waals surface area contributed by atoms with Gasteiger partial charge in [0.15, 0.2) is 0 Å². The molecule has 0 aromatic heterocycles. The summed E-state index contributed by atoms with van der Waals surface area (Å²) in [6, 6.07) is 13.6. The minimum Gasteiger partial charge on any atom is -0.322 e. The number of carbonyl (C=O) groups excluding carboxylic acids is 1. The van der Waals surface area contributed by atoms with Crippen molar-refractivity contribution in [3.63, 3.8) is 0 Å². The zero-order valence-corrected chi connectivity index (χ0v) is 16.0. The van der Waals surface area contributed by atoms with E-state index >= 15 is 0 Å². The zero-order chi connectivity index (χ0) is 18.8. The molecule has 2 rings (SSSR count). The monoisotopic (exact) mass is 360 g/mol. The summed E-state index contributed by atoms with van der Waals surface area (Å²) in [5.41, 5.74) is 2.12. The fourth-order valence-electron chi connectivity index (χ4n) is 2.27. The van der Waals surface area contributed by atoms with Crippen LogP contribution in [-0.4, -0.2) is 32.7 Å². The molecule has 0 atom stereocenters. The Balaban J connectivity index is 2.21. The Morgan fingerprint density at radius 1 is 1.00 bits per heavy atom. The summed E-state index contributed by atoms with van der Waals surface area (Å²) < 4.78 is 25.5. The van der Waals surface area contributed by atoms with E-state index < -0.39 is 10.0 Å². The molecule has 0 aliphatic heterocycles. The second-order valence-electron chi connectivity index (χ2n) is 7.10. The van der Waals surface area contributed by atoms with Crippen LogP contribution in [0.2, 0.25) is 0 Å².